The third-order valence-corrected chi connectivity index (χ3v) is 6.76. The minimum atomic E-state index is -0.359. The van der Waals surface area contributed by atoms with Crippen molar-refractivity contribution in [2.45, 2.75) is 37.8 Å². The van der Waals surface area contributed by atoms with Gasteiger partial charge in [-0.2, -0.15) is 10.2 Å². The summed E-state index contributed by atoms with van der Waals surface area (Å²) in [6, 6.07) is 9.79. The van der Waals surface area contributed by atoms with Crippen molar-refractivity contribution in [3.05, 3.63) is 71.7 Å². The number of aromatic amines is 1. The van der Waals surface area contributed by atoms with Gasteiger partial charge in [0.15, 0.2) is 11.5 Å². The Morgan fingerprint density at radius 2 is 2.05 bits per heavy atom. The van der Waals surface area contributed by atoms with Crippen molar-refractivity contribution in [1.82, 2.24) is 45.2 Å². The summed E-state index contributed by atoms with van der Waals surface area (Å²) in [6.07, 6.45) is 7.61. The Hall–Kier alpha value is -4.25. The molecule has 0 saturated heterocycles. The fraction of sp³-hybridized carbons (Fsp3) is 0.240. The first-order chi connectivity index (χ1) is 18.1. The van der Waals surface area contributed by atoms with Gasteiger partial charge in [0.05, 0.1) is 28.5 Å². The number of pyridine rings is 1. The SMILES string of the molecule is O=C(NC1CCC[C@@H](n2c(-c3ccccc3F)nc3cnc(-c4ncn[nH]4)cc32)C1)c1cc(Cl)cnn1. The van der Waals surface area contributed by atoms with E-state index >= 15 is 0 Å². The Bertz CT molecular complexity index is 1590. The number of rotatable bonds is 5. The number of aromatic nitrogens is 8. The fourth-order valence-corrected chi connectivity index (χ4v) is 5.05. The normalized spacial score (nSPS) is 17.7. The van der Waals surface area contributed by atoms with E-state index in [0.717, 1.165) is 24.8 Å². The lowest BCUT2D eigenvalue weighted by molar-refractivity contribution is 0.0915. The molecule has 0 aliphatic heterocycles. The lowest BCUT2D eigenvalue weighted by Gasteiger charge is -2.32. The molecule has 1 amide bonds. The van der Waals surface area contributed by atoms with E-state index in [1.54, 1.807) is 24.4 Å². The summed E-state index contributed by atoms with van der Waals surface area (Å²) in [5.74, 6) is 0.353. The van der Waals surface area contributed by atoms with Gasteiger partial charge in [-0.1, -0.05) is 23.7 Å². The highest BCUT2D eigenvalue weighted by atomic mass is 35.5. The van der Waals surface area contributed by atoms with E-state index in [9.17, 15) is 9.18 Å². The molecule has 2 atom stereocenters. The van der Waals surface area contributed by atoms with Crippen LogP contribution in [0, 0.1) is 5.82 Å². The van der Waals surface area contributed by atoms with Crippen LogP contribution in [-0.2, 0) is 0 Å². The Morgan fingerprint density at radius 3 is 2.86 bits per heavy atom. The zero-order valence-electron chi connectivity index (χ0n) is 19.5. The van der Waals surface area contributed by atoms with E-state index in [1.165, 1.54) is 24.7 Å². The molecule has 1 fully saturated rings. The van der Waals surface area contributed by atoms with E-state index in [4.69, 9.17) is 16.6 Å². The lowest BCUT2D eigenvalue weighted by atomic mass is 9.90. The summed E-state index contributed by atoms with van der Waals surface area (Å²) >= 11 is 5.98. The average molecular weight is 518 g/mol. The summed E-state index contributed by atoms with van der Waals surface area (Å²) in [7, 11) is 0. The monoisotopic (exact) mass is 517 g/mol. The number of carbonyl (C=O) groups excluding carboxylic acids is 1. The molecular formula is C25H21ClFN9O. The summed E-state index contributed by atoms with van der Waals surface area (Å²) in [4.78, 5) is 26.3. The van der Waals surface area contributed by atoms with Crippen LogP contribution in [0.2, 0.25) is 5.02 Å². The molecule has 4 heterocycles. The first-order valence-electron chi connectivity index (χ1n) is 11.8. The minimum absolute atomic E-state index is 0.0472. The van der Waals surface area contributed by atoms with E-state index in [-0.39, 0.29) is 29.5 Å². The molecule has 1 aliphatic carbocycles. The molecular weight excluding hydrogens is 497 g/mol. The fourth-order valence-electron chi connectivity index (χ4n) is 4.90. The Kier molecular flexibility index (Phi) is 6.05. The Labute approximate surface area is 215 Å². The first-order valence-corrected chi connectivity index (χ1v) is 12.2. The molecule has 12 heteroatoms. The maximum absolute atomic E-state index is 14.9. The molecule has 1 aromatic carbocycles. The number of halogens is 2. The minimum Gasteiger partial charge on any atom is -0.348 e. The predicted octanol–water partition coefficient (Wildman–Crippen LogP) is 4.38. The molecule has 0 spiro atoms. The molecule has 37 heavy (non-hydrogen) atoms. The number of hydrogen-bond donors (Lipinski definition) is 2. The van der Waals surface area contributed by atoms with Crippen molar-refractivity contribution in [1.29, 1.82) is 0 Å². The molecule has 0 radical (unpaired) electrons. The van der Waals surface area contributed by atoms with Gasteiger partial charge in [0, 0.05) is 12.1 Å². The van der Waals surface area contributed by atoms with Crippen molar-refractivity contribution >= 4 is 28.5 Å². The smallest absolute Gasteiger partial charge is 0.272 e. The highest BCUT2D eigenvalue weighted by Gasteiger charge is 2.29. The van der Waals surface area contributed by atoms with Gasteiger partial charge in [-0.25, -0.2) is 14.4 Å². The van der Waals surface area contributed by atoms with Gasteiger partial charge in [-0.05, 0) is 49.9 Å². The number of amides is 1. The molecule has 6 rings (SSSR count). The van der Waals surface area contributed by atoms with Crippen LogP contribution in [0.1, 0.15) is 42.2 Å². The predicted molar refractivity (Wildman–Crippen MR) is 134 cm³/mol. The molecule has 1 unspecified atom stereocenters. The summed E-state index contributed by atoms with van der Waals surface area (Å²) in [5, 5.41) is 17.8. The van der Waals surface area contributed by atoms with Crippen molar-refractivity contribution in [2.24, 2.45) is 0 Å². The lowest BCUT2D eigenvalue weighted by Crippen LogP contribution is -2.39. The first kappa shape index (κ1) is 23.2. The molecule has 1 aliphatic rings. The molecule has 4 aromatic heterocycles. The quantitative estimate of drug-likeness (QED) is 0.354. The second kappa shape index (κ2) is 9.66. The third-order valence-electron chi connectivity index (χ3n) is 6.55. The van der Waals surface area contributed by atoms with Crippen LogP contribution >= 0.6 is 11.6 Å². The van der Waals surface area contributed by atoms with Gasteiger partial charge in [-0.15, -0.1) is 5.10 Å². The number of H-pyrrole nitrogens is 1. The van der Waals surface area contributed by atoms with Gasteiger partial charge >= 0.3 is 0 Å². The number of nitrogens with zero attached hydrogens (tertiary/aromatic N) is 7. The summed E-state index contributed by atoms with van der Waals surface area (Å²) < 4.78 is 17.0. The number of nitrogens with one attached hydrogen (secondary N) is 2. The third kappa shape index (κ3) is 4.53. The van der Waals surface area contributed by atoms with Gasteiger partial charge in [0.25, 0.3) is 5.91 Å². The van der Waals surface area contributed by atoms with Gasteiger partial charge < -0.3 is 9.88 Å². The van der Waals surface area contributed by atoms with Crippen LogP contribution in [0.25, 0.3) is 33.9 Å². The van der Waals surface area contributed by atoms with Gasteiger partial charge in [0.1, 0.15) is 29.2 Å². The largest absolute Gasteiger partial charge is 0.348 e. The average Bonchev–Trinajstić information content (AvgIpc) is 3.57. The summed E-state index contributed by atoms with van der Waals surface area (Å²) in [5.41, 5.74) is 2.61. The second-order valence-electron chi connectivity index (χ2n) is 8.93. The number of fused-ring (bicyclic) bond motifs is 1. The molecule has 5 aromatic rings. The Balaban J connectivity index is 1.39. The van der Waals surface area contributed by atoms with Crippen LogP contribution < -0.4 is 5.32 Å². The van der Waals surface area contributed by atoms with E-state index < -0.39 is 0 Å². The van der Waals surface area contributed by atoms with Crippen molar-refractivity contribution in [3.63, 3.8) is 0 Å². The van der Waals surface area contributed by atoms with Crippen molar-refractivity contribution in [2.75, 3.05) is 0 Å². The van der Waals surface area contributed by atoms with E-state index in [0.29, 0.717) is 39.9 Å². The number of carbonyl (C=O) groups is 1. The van der Waals surface area contributed by atoms with Crippen molar-refractivity contribution in [3.8, 4) is 22.9 Å². The topological polar surface area (TPSA) is 127 Å². The Morgan fingerprint density at radius 1 is 1.16 bits per heavy atom. The molecule has 0 bridgehead atoms. The second-order valence-corrected chi connectivity index (χ2v) is 9.36. The highest BCUT2D eigenvalue weighted by Crippen LogP contribution is 2.37. The molecule has 186 valence electrons. The van der Waals surface area contributed by atoms with Crippen LogP contribution in [0.4, 0.5) is 4.39 Å². The molecule has 2 N–H and O–H groups in total. The number of hydrogen-bond acceptors (Lipinski definition) is 7. The van der Waals surface area contributed by atoms with Gasteiger partial charge in [-0.3, -0.25) is 14.9 Å². The van der Waals surface area contributed by atoms with E-state index in [2.05, 4.69) is 40.2 Å². The molecule has 1 saturated carbocycles. The molecule has 10 nitrogen and oxygen atoms in total. The number of imidazole rings is 1. The van der Waals surface area contributed by atoms with Gasteiger partial charge in [0.2, 0.25) is 0 Å². The van der Waals surface area contributed by atoms with E-state index in [1.807, 2.05) is 6.07 Å². The van der Waals surface area contributed by atoms with Crippen LogP contribution in [0.15, 0.2) is 55.1 Å². The maximum atomic E-state index is 14.9. The highest BCUT2D eigenvalue weighted by molar-refractivity contribution is 6.30. The summed E-state index contributed by atoms with van der Waals surface area (Å²) in [6.45, 7) is 0. The van der Waals surface area contributed by atoms with Crippen molar-refractivity contribution < 1.29 is 9.18 Å². The standard InChI is InChI=1S/C25H21ClFN9O/c26-14-8-20(34-30-11-14)25(37)32-15-4-3-5-16(9-15)36-22-10-19(23-29-13-31-35-23)28-12-21(22)33-24(36)17-6-1-2-7-18(17)27/h1-2,6-8,10-13,15-16H,3-5,9H2,(H,32,37)(H,29,31,35)/t15?,16-/m1/s1. The maximum Gasteiger partial charge on any atom is 0.272 e. The number of benzene rings is 1. The van der Waals surface area contributed by atoms with Crippen LogP contribution in [-0.4, -0.2) is 51.9 Å². The zero-order valence-corrected chi connectivity index (χ0v) is 20.2. The zero-order chi connectivity index (χ0) is 25.4. The van der Waals surface area contributed by atoms with Crippen LogP contribution in [0.3, 0.4) is 0 Å². The van der Waals surface area contributed by atoms with Crippen LogP contribution in [0.5, 0.6) is 0 Å².